The molecule has 1 aliphatic rings. The average Bonchev–Trinajstić information content (AvgIpc) is 2.37. The van der Waals surface area contributed by atoms with Crippen LogP contribution in [0.5, 0.6) is 5.75 Å². The van der Waals surface area contributed by atoms with Crippen molar-refractivity contribution in [2.75, 3.05) is 13.7 Å². The second-order valence-corrected chi connectivity index (χ2v) is 4.24. The Kier molecular flexibility index (Phi) is 3.67. The van der Waals surface area contributed by atoms with E-state index in [4.69, 9.17) is 9.47 Å². The van der Waals surface area contributed by atoms with Crippen LogP contribution < -0.4 is 4.74 Å². The molecule has 0 aliphatic heterocycles. The number of carbonyl (C=O) groups is 1. The summed E-state index contributed by atoms with van der Waals surface area (Å²) in [5.74, 6) is 0.560. The Morgan fingerprint density at radius 3 is 2.76 bits per heavy atom. The highest BCUT2D eigenvalue weighted by Crippen LogP contribution is 2.31. The Balaban J connectivity index is 2.39. The van der Waals surface area contributed by atoms with Crippen LogP contribution >= 0.6 is 0 Å². The Hall–Kier alpha value is -1.51. The van der Waals surface area contributed by atoms with Crippen molar-refractivity contribution >= 4 is 5.97 Å². The molecular weight excluding hydrogens is 216 g/mol. The fraction of sp³-hybridized carbons (Fsp3) is 0.500. The maximum Gasteiger partial charge on any atom is 0.338 e. The van der Waals surface area contributed by atoms with Crippen molar-refractivity contribution in [2.24, 2.45) is 0 Å². The minimum atomic E-state index is -0.265. The van der Waals surface area contributed by atoms with E-state index in [1.165, 1.54) is 24.0 Å². The van der Waals surface area contributed by atoms with E-state index in [-0.39, 0.29) is 5.97 Å². The summed E-state index contributed by atoms with van der Waals surface area (Å²) in [6, 6.07) is 3.75. The van der Waals surface area contributed by atoms with Crippen LogP contribution in [-0.4, -0.2) is 19.7 Å². The van der Waals surface area contributed by atoms with Crippen molar-refractivity contribution < 1.29 is 14.3 Å². The smallest absolute Gasteiger partial charge is 0.338 e. The fourth-order valence-electron chi connectivity index (χ4n) is 2.34. The highest BCUT2D eigenvalue weighted by atomic mass is 16.5. The van der Waals surface area contributed by atoms with E-state index >= 15 is 0 Å². The van der Waals surface area contributed by atoms with Gasteiger partial charge in [0.2, 0.25) is 0 Å². The lowest BCUT2D eigenvalue weighted by Crippen LogP contribution is -2.10. The predicted molar refractivity (Wildman–Crippen MR) is 65.6 cm³/mol. The summed E-state index contributed by atoms with van der Waals surface area (Å²) >= 11 is 0. The van der Waals surface area contributed by atoms with Gasteiger partial charge in [-0.25, -0.2) is 4.79 Å². The number of benzene rings is 1. The zero-order valence-electron chi connectivity index (χ0n) is 10.4. The molecule has 17 heavy (non-hydrogen) atoms. The molecule has 3 nitrogen and oxygen atoms in total. The van der Waals surface area contributed by atoms with E-state index in [2.05, 4.69) is 0 Å². The van der Waals surface area contributed by atoms with Gasteiger partial charge in [-0.15, -0.1) is 0 Å². The van der Waals surface area contributed by atoms with E-state index in [0.717, 1.165) is 18.6 Å². The van der Waals surface area contributed by atoms with Gasteiger partial charge in [-0.1, -0.05) is 0 Å². The van der Waals surface area contributed by atoms with Crippen molar-refractivity contribution in [3.63, 3.8) is 0 Å². The van der Waals surface area contributed by atoms with Gasteiger partial charge in [-0.2, -0.15) is 0 Å². The van der Waals surface area contributed by atoms with Crippen molar-refractivity contribution in [1.29, 1.82) is 0 Å². The normalized spacial score (nSPS) is 14.0. The zero-order chi connectivity index (χ0) is 12.3. The van der Waals surface area contributed by atoms with Gasteiger partial charge in [-0.05, 0) is 55.9 Å². The van der Waals surface area contributed by atoms with Gasteiger partial charge < -0.3 is 9.47 Å². The van der Waals surface area contributed by atoms with Gasteiger partial charge in [0.05, 0.1) is 19.3 Å². The van der Waals surface area contributed by atoms with E-state index in [0.29, 0.717) is 12.2 Å². The van der Waals surface area contributed by atoms with Gasteiger partial charge in [0.25, 0.3) is 0 Å². The Morgan fingerprint density at radius 1 is 1.29 bits per heavy atom. The van der Waals surface area contributed by atoms with Gasteiger partial charge in [-0.3, -0.25) is 0 Å². The molecule has 0 aromatic heterocycles. The van der Waals surface area contributed by atoms with Crippen LogP contribution in [0.15, 0.2) is 12.1 Å². The number of ether oxygens (including phenoxy) is 2. The molecular formula is C14H18O3. The molecule has 0 heterocycles. The number of fused-ring (bicyclic) bond motifs is 1. The second kappa shape index (κ2) is 5.21. The lowest BCUT2D eigenvalue weighted by atomic mass is 9.89. The summed E-state index contributed by atoms with van der Waals surface area (Å²) in [7, 11) is 1.65. The number of rotatable bonds is 3. The Bertz CT molecular complexity index is 406. The standard InChI is InChI=1S/C14H18O3/c1-3-17-14(15)11-8-10-6-4-5-7-12(10)13(9-11)16-2/h8-9H,3-7H2,1-2H3. The molecule has 0 fully saturated rings. The molecule has 1 aromatic carbocycles. The third-order valence-electron chi connectivity index (χ3n) is 3.16. The second-order valence-electron chi connectivity index (χ2n) is 4.24. The van der Waals surface area contributed by atoms with E-state index < -0.39 is 0 Å². The first kappa shape index (κ1) is 12.0. The zero-order valence-corrected chi connectivity index (χ0v) is 10.4. The SMILES string of the molecule is CCOC(=O)c1cc2c(c(OC)c1)CCCC2. The predicted octanol–water partition coefficient (Wildman–Crippen LogP) is 2.75. The van der Waals surface area contributed by atoms with E-state index in [9.17, 15) is 4.79 Å². The molecule has 0 spiro atoms. The first-order chi connectivity index (χ1) is 8.26. The molecule has 0 unspecified atom stereocenters. The van der Waals surface area contributed by atoms with Crippen LogP contribution in [0, 0.1) is 0 Å². The Morgan fingerprint density at radius 2 is 2.06 bits per heavy atom. The molecule has 2 rings (SSSR count). The van der Waals surface area contributed by atoms with Crippen LogP contribution in [0.4, 0.5) is 0 Å². The Labute approximate surface area is 102 Å². The number of aryl methyl sites for hydroxylation is 1. The van der Waals surface area contributed by atoms with Crippen LogP contribution in [0.25, 0.3) is 0 Å². The molecule has 0 saturated carbocycles. The molecule has 0 bridgehead atoms. The average molecular weight is 234 g/mol. The summed E-state index contributed by atoms with van der Waals surface area (Å²) in [5.41, 5.74) is 3.09. The highest BCUT2D eigenvalue weighted by Gasteiger charge is 2.18. The van der Waals surface area contributed by atoms with Crippen LogP contribution in [0.3, 0.4) is 0 Å². The van der Waals surface area contributed by atoms with Crippen molar-refractivity contribution in [3.8, 4) is 5.75 Å². The lowest BCUT2D eigenvalue weighted by molar-refractivity contribution is 0.0526. The molecule has 0 radical (unpaired) electrons. The highest BCUT2D eigenvalue weighted by molar-refractivity contribution is 5.90. The number of esters is 1. The number of methoxy groups -OCH3 is 1. The summed E-state index contributed by atoms with van der Waals surface area (Å²) in [6.07, 6.45) is 4.45. The van der Waals surface area contributed by atoms with E-state index in [1.54, 1.807) is 13.2 Å². The molecule has 92 valence electrons. The van der Waals surface area contributed by atoms with E-state index in [1.807, 2.05) is 13.0 Å². The summed E-state index contributed by atoms with van der Waals surface area (Å²) in [5, 5.41) is 0. The first-order valence-electron chi connectivity index (χ1n) is 6.13. The molecule has 0 N–H and O–H groups in total. The maximum absolute atomic E-state index is 11.7. The monoisotopic (exact) mass is 234 g/mol. The van der Waals surface area contributed by atoms with Crippen LogP contribution in [-0.2, 0) is 17.6 Å². The lowest BCUT2D eigenvalue weighted by Gasteiger charge is -2.19. The van der Waals surface area contributed by atoms with Crippen molar-refractivity contribution in [3.05, 3.63) is 28.8 Å². The largest absolute Gasteiger partial charge is 0.496 e. The molecule has 0 saturated heterocycles. The third kappa shape index (κ3) is 2.43. The fourth-order valence-corrected chi connectivity index (χ4v) is 2.34. The summed E-state index contributed by atoms with van der Waals surface area (Å²) in [6.45, 7) is 2.21. The first-order valence-corrected chi connectivity index (χ1v) is 6.13. The topological polar surface area (TPSA) is 35.5 Å². The number of hydrogen-bond donors (Lipinski definition) is 0. The van der Waals surface area contributed by atoms with Crippen molar-refractivity contribution in [1.82, 2.24) is 0 Å². The van der Waals surface area contributed by atoms with Gasteiger partial charge in [0.15, 0.2) is 0 Å². The molecule has 0 atom stereocenters. The quantitative estimate of drug-likeness (QED) is 0.754. The molecule has 0 amide bonds. The van der Waals surface area contributed by atoms with Crippen molar-refractivity contribution in [2.45, 2.75) is 32.6 Å². The molecule has 1 aromatic rings. The molecule has 3 heteroatoms. The number of carbonyl (C=O) groups excluding carboxylic acids is 1. The summed E-state index contributed by atoms with van der Waals surface area (Å²) in [4.78, 5) is 11.7. The van der Waals surface area contributed by atoms with Crippen LogP contribution in [0.1, 0.15) is 41.3 Å². The maximum atomic E-state index is 11.7. The van der Waals surface area contributed by atoms with Gasteiger partial charge >= 0.3 is 5.97 Å². The third-order valence-corrected chi connectivity index (χ3v) is 3.16. The minimum absolute atomic E-state index is 0.265. The summed E-state index contributed by atoms with van der Waals surface area (Å²) < 4.78 is 10.4. The van der Waals surface area contributed by atoms with Crippen LogP contribution in [0.2, 0.25) is 0 Å². The minimum Gasteiger partial charge on any atom is -0.496 e. The van der Waals surface area contributed by atoms with Gasteiger partial charge in [0, 0.05) is 0 Å². The molecule has 1 aliphatic carbocycles. The van der Waals surface area contributed by atoms with Gasteiger partial charge in [0.1, 0.15) is 5.75 Å². The number of hydrogen-bond acceptors (Lipinski definition) is 3.